The molecule has 0 atom stereocenters. The van der Waals surface area contributed by atoms with E-state index in [2.05, 4.69) is 10.3 Å². The minimum Gasteiger partial charge on any atom is -0.318 e. The third-order valence-corrected chi connectivity index (χ3v) is 2.28. The van der Waals surface area contributed by atoms with Crippen LogP contribution in [0.25, 0.3) is 0 Å². The van der Waals surface area contributed by atoms with Gasteiger partial charge in [-0.25, -0.2) is 0 Å². The Hall–Kier alpha value is -0.550. The molecule has 0 spiro atoms. The SMILES string of the molecule is CC(C)(N)C(=O)NC1=NCCS1. The summed E-state index contributed by atoms with van der Waals surface area (Å²) in [4.78, 5) is 15.4. The lowest BCUT2D eigenvalue weighted by molar-refractivity contribution is -0.123. The number of nitrogens with zero attached hydrogens (tertiary/aromatic N) is 1. The van der Waals surface area contributed by atoms with Crippen molar-refractivity contribution in [1.82, 2.24) is 5.32 Å². The summed E-state index contributed by atoms with van der Waals surface area (Å²) in [7, 11) is 0. The van der Waals surface area contributed by atoms with Gasteiger partial charge in [0.05, 0.1) is 12.1 Å². The Balaban J connectivity index is 2.46. The van der Waals surface area contributed by atoms with Crippen LogP contribution in [-0.2, 0) is 4.79 Å². The molecule has 0 saturated heterocycles. The number of carbonyl (C=O) groups excluding carboxylic acids is 1. The van der Waals surface area contributed by atoms with E-state index in [0.29, 0.717) is 5.17 Å². The summed E-state index contributed by atoms with van der Waals surface area (Å²) in [5.41, 5.74) is 4.75. The maximum Gasteiger partial charge on any atom is 0.245 e. The van der Waals surface area contributed by atoms with Crippen molar-refractivity contribution < 1.29 is 4.79 Å². The molecule has 0 aromatic heterocycles. The first-order chi connectivity index (χ1) is 5.50. The molecule has 0 fully saturated rings. The number of hydrogen-bond donors (Lipinski definition) is 2. The minimum absolute atomic E-state index is 0.185. The monoisotopic (exact) mass is 187 g/mol. The molecule has 0 radical (unpaired) electrons. The molecule has 12 heavy (non-hydrogen) atoms. The topological polar surface area (TPSA) is 67.5 Å². The standard InChI is InChI=1S/C7H13N3OS/c1-7(2,8)5(11)10-6-9-3-4-12-6/h3-4,8H2,1-2H3,(H,9,10,11). The average molecular weight is 187 g/mol. The smallest absolute Gasteiger partial charge is 0.245 e. The summed E-state index contributed by atoms with van der Waals surface area (Å²) < 4.78 is 0. The number of aliphatic imine (C=N–C) groups is 1. The van der Waals surface area contributed by atoms with Crippen molar-refractivity contribution >= 4 is 22.8 Å². The van der Waals surface area contributed by atoms with Gasteiger partial charge in [0.2, 0.25) is 5.91 Å². The van der Waals surface area contributed by atoms with Gasteiger partial charge in [0, 0.05) is 5.75 Å². The van der Waals surface area contributed by atoms with Crippen LogP contribution in [-0.4, -0.2) is 28.9 Å². The van der Waals surface area contributed by atoms with Crippen molar-refractivity contribution in [3.8, 4) is 0 Å². The molecule has 0 unspecified atom stereocenters. The molecule has 68 valence electrons. The molecule has 0 aromatic carbocycles. The van der Waals surface area contributed by atoms with Gasteiger partial charge in [0.25, 0.3) is 0 Å². The number of carbonyl (C=O) groups is 1. The van der Waals surface area contributed by atoms with Gasteiger partial charge in [-0.15, -0.1) is 0 Å². The molecule has 0 aromatic rings. The van der Waals surface area contributed by atoms with Crippen molar-refractivity contribution in [2.24, 2.45) is 10.7 Å². The average Bonchev–Trinajstić information content (AvgIpc) is 2.37. The van der Waals surface area contributed by atoms with E-state index in [1.54, 1.807) is 25.6 Å². The zero-order valence-electron chi connectivity index (χ0n) is 7.26. The first kappa shape index (κ1) is 9.54. The second-order valence-electron chi connectivity index (χ2n) is 3.21. The summed E-state index contributed by atoms with van der Waals surface area (Å²) in [6, 6.07) is 0. The summed E-state index contributed by atoms with van der Waals surface area (Å²) in [6.45, 7) is 4.12. The Labute approximate surface area is 76.0 Å². The Morgan fingerprint density at radius 3 is 2.83 bits per heavy atom. The fourth-order valence-electron chi connectivity index (χ4n) is 0.669. The quantitative estimate of drug-likeness (QED) is 0.604. The van der Waals surface area contributed by atoms with Crippen LogP contribution in [0.4, 0.5) is 0 Å². The number of hydrogen-bond acceptors (Lipinski definition) is 4. The van der Waals surface area contributed by atoms with E-state index in [0.717, 1.165) is 12.3 Å². The fraction of sp³-hybridized carbons (Fsp3) is 0.714. The van der Waals surface area contributed by atoms with Gasteiger partial charge < -0.3 is 11.1 Å². The molecule has 1 heterocycles. The van der Waals surface area contributed by atoms with E-state index >= 15 is 0 Å². The Morgan fingerprint density at radius 1 is 1.75 bits per heavy atom. The van der Waals surface area contributed by atoms with Gasteiger partial charge in [0.15, 0.2) is 5.17 Å². The normalized spacial score (nSPS) is 17.4. The number of amidine groups is 1. The summed E-state index contributed by atoms with van der Waals surface area (Å²) in [5, 5.41) is 3.36. The van der Waals surface area contributed by atoms with Crippen molar-refractivity contribution in [3.05, 3.63) is 0 Å². The van der Waals surface area contributed by atoms with E-state index in [1.165, 1.54) is 0 Å². The van der Waals surface area contributed by atoms with E-state index in [9.17, 15) is 4.79 Å². The van der Waals surface area contributed by atoms with E-state index < -0.39 is 5.54 Å². The number of rotatable bonds is 1. The van der Waals surface area contributed by atoms with Crippen LogP contribution < -0.4 is 11.1 Å². The van der Waals surface area contributed by atoms with Crippen LogP contribution in [0.5, 0.6) is 0 Å². The third-order valence-electron chi connectivity index (χ3n) is 1.39. The molecule has 1 aliphatic rings. The van der Waals surface area contributed by atoms with Crippen LogP contribution >= 0.6 is 11.8 Å². The second kappa shape index (κ2) is 3.45. The lowest BCUT2D eigenvalue weighted by Crippen LogP contribution is -2.50. The summed E-state index contributed by atoms with van der Waals surface area (Å²) >= 11 is 1.55. The van der Waals surface area contributed by atoms with E-state index in [-0.39, 0.29) is 5.91 Å². The van der Waals surface area contributed by atoms with Crippen molar-refractivity contribution in [2.45, 2.75) is 19.4 Å². The first-order valence-corrected chi connectivity index (χ1v) is 4.76. The Morgan fingerprint density at radius 2 is 2.42 bits per heavy atom. The van der Waals surface area contributed by atoms with Crippen LogP contribution in [0, 0.1) is 0 Å². The zero-order valence-corrected chi connectivity index (χ0v) is 8.07. The molecule has 0 bridgehead atoms. The molecular weight excluding hydrogens is 174 g/mol. The zero-order chi connectivity index (χ0) is 9.19. The van der Waals surface area contributed by atoms with Crippen LogP contribution in [0.3, 0.4) is 0 Å². The predicted molar refractivity (Wildman–Crippen MR) is 51.2 cm³/mol. The molecule has 1 aliphatic heterocycles. The van der Waals surface area contributed by atoms with Gasteiger partial charge in [0.1, 0.15) is 0 Å². The fourth-order valence-corrected chi connectivity index (χ4v) is 1.39. The number of amides is 1. The van der Waals surface area contributed by atoms with Crippen molar-refractivity contribution in [2.75, 3.05) is 12.3 Å². The third kappa shape index (κ3) is 2.49. The van der Waals surface area contributed by atoms with Gasteiger partial charge in [-0.2, -0.15) is 0 Å². The van der Waals surface area contributed by atoms with Gasteiger partial charge in [-0.3, -0.25) is 9.79 Å². The maximum absolute atomic E-state index is 11.3. The highest BCUT2D eigenvalue weighted by Gasteiger charge is 2.23. The molecule has 0 aliphatic carbocycles. The van der Waals surface area contributed by atoms with Crippen molar-refractivity contribution in [1.29, 1.82) is 0 Å². The molecule has 0 saturated carbocycles. The highest BCUT2D eigenvalue weighted by molar-refractivity contribution is 8.14. The molecular formula is C7H13N3OS. The number of nitrogens with two attached hydrogens (primary N) is 1. The molecule has 1 amide bonds. The van der Waals surface area contributed by atoms with Gasteiger partial charge in [-0.05, 0) is 13.8 Å². The molecule has 4 nitrogen and oxygen atoms in total. The Kier molecular flexibility index (Phi) is 2.74. The maximum atomic E-state index is 11.3. The summed E-state index contributed by atoms with van der Waals surface area (Å²) in [5.74, 6) is 0.760. The highest BCUT2D eigenvalue weighted by atomic mass is 32.2. The molecule has 3 N–H and O–H groups in total. The summed E-state index contributed by atoms with van der Waals surface area (Å²) in [6.07, 6.45) is 0. The van der Waals surface area contributed by atoms with Crippen molar-refractivity contribution in [3.63, 3.8) is 0 Å². The highest BCUT2D eigenvalue weighted by Crippen LogP contribution is 2.09. The van der Waals surface area contributed by atoms with Gasteiger partial charge >= 0.3 is 0 Å². The van der Waals surface area contributed by atoms with Crippen LogP contribution in [0.2, 0.25) is 0 Å². The largest absolute Gasteiger partial charge is 0.318 e. The second-order valence-corrected chi connectivity index (χ2v) is 4.29. The number of nitrogens with one attached hydrogen (secondary N) is 1. The van der Waals surface area contributed by atoms with Crippen LogP contribution in [0.15, 0.2) is 4.99 Å². The first-order valence-electron chi connectivity index (χ1n) is 3.78. The van der Waals surface area contributed by atoms with E-state index in [4.69, 9.17) is 5.73 Å². The van der Waals surface area contributed by atoms with E-state index in [1.807, 2.05) is 0 Å². The molecule has 5 heteroatoms. The predicted octanol–water partition coefficient (Wildman–Crippen LogP) is -0.0573. The Bertz CT molecular complexity index is 219. The van der Waals surface area contributed by atoms with Crippen LogP contribution in [0.1, 0.15) is 13.8 Å². The molecule has 1 rings (SSSR count). The minimum atomic E-state index is -0.828. The lowest BCUT2D eigenvalue weighted by Gasteiger charge is -2.16. The number of thioether (sulfide) groups is 1. The van der Waals surface area contributed by atoms with Gasteiger partial charge in [-0.1, -0.05) is 11.8 Å². The lowest BCUT2D eigenvalue weighted by atomic mass is 10.1.